The summed E-state index contributed by atoms with van der Waals surface area (Å²) in [7, 11) is -2.18. The first-order valence-electron chi connectivity index (χ1n) is 9.17. The number of benzene rings is 1. The Labute approximate surface area is 156 Å². The molecule has 146 valence electrons. The highest BCUT2D eigenvalue weighted by Crippen LogP contribution is 2.20. The molecular weight excluding hydrogens is 352 g/mol. The molecule has 0 spiro atoms. The predicted molar refractivity (Wildman–Crippen MR) is 104 cm³/mol. The third-order valence-corrected chi connectivity index (χ3v) is 6.25. The van der Waals surface area contributed by atoms with E-state index >= 15 is 0 Å². The zero-order chi connectivity index (χ0) is 19.2. The van der Waals surface area contributed by atoms with Gasteiger partial charge in [0.1, 0.15) is 0 Å². The van der Waals surface area contributed by atoms with Gasteiger partial charge in [-0.2, -0.15) is 0 Å². The van der Waals surface area contributed by atoms with Crippen LogP contribution in [0.2, 0.25) is 0 Å². The van der Waals surface area contributed by atoms with Crippen molar-refractivity contribution in [2.75, 3.05) is 38.5 Å². The molecule has 2 rings (SSSR count). The Morgan fingerprint density at radius 1 is 1.27 bits per heavy atom. The van der Waals surface area contributed by atoms with Gasteiger partial charge in [-0.05, 0) is 76.5 Å². The minimum absolute atomic E-state index is 0.129. The minimum Gasteiger partial charge on any atom is -0.338 e. The van der Waals surface area contributed by atoms with E-state index in [1.54, 1.807) is 6.07 Å². The Kier molecular flexibility index (Phi) is 7.43. The minimum atomic E-state index is -3.54. The number of hydrogen-bond acceptors (Lipinski definition) is 4. The number of anilines is 1. The summed E-state index contributed by atoms with van der Waals surface area (Å²) in [6.07, 6.45) is 3.36. The van der Waals surface area contributed by atoms with Gasteiger partial charge in [0, 0.05) is 12.2 Å². The standard InChI is InChI=1S/C18H30N4O3S/c1-4-9-22-10-7-15(8-11-22)13-20-18(23)21-17-12-16(6-5-14(17)2)26(24,25)19-3/h5-6,12,15,19H,4,7-11,13H2,1-3H3,(H2,20,21,23). The molecule has 3 N–H and O–H groups in total. The number of rotatable bonds is 7. The van der Waals surface area contributed by atoms with Crippen LogP contribution >= 0.6 is 0 Å². The summed E-state index contributed by atoms with van der Waals surface area (Å²) in [4.78, 5) is 14.8. The first-order valence-corrected chi connectivity index (χ1v) is 10.7. The summed E-state index contributed by atoms with van der Waals surface area (Å²) in [6, 6.07) is 4.38. The fraction of sp³-hybridized carbons (Fsp3) is 0.611. The highest BCUT2D eigenvalue weighted by atomic mass is 32.2. The number of nitrogens with one attached hydrogen (secondary N) is 3. The van der Waals surface area contributed by atoms with Gasteiger partial charge in [0.15, 0.2) is 0 Å². The second-order valence-electron chi connectivity index (χ2n) is 6.80. The van der Waals surface area contributed by atoms with Gasteiger partial charge in [0.25, 0.3) is 0 Å². The van der Waals surface area contributed by atoms with E-state index in [9.17, 15) is 13.2 Å². The number of amides is 2. The van der Waals surface area contributed by atoms with E-state index < -0.39 is 10.0 Å². The molecule has 1 aromatic carbocycles. The molecule has 1 aromatic rings. The monoisotopic (exact) mass is 382 g/mol. The zero-order valence-corrected chi connectivity index (χ0v) is 16.7. The van der Waals surface area contributed by atoms with Crippen molar-refractivity contribution < 1.29 is 13.2 Å². The first kappa shape index (κ1) is 20.7. The van der Waals surface area contributed by atoms with Crippen LogP contribution in [-0.2, 0) is 10.0 Å². The topological polar surface area (TPSA) is 90.5 Å². The molecule has 8 heteroatoms. The quantitative estimate of drug-likeness (QED) is 0.674. The lowest BCUT2D eigenvalue weighted by molar-refractivity contribution is 0.182. The molecule has 0 bridgehead atoms. The van der Waals surface area contributed by atoms with Crippen LogP contribution in [0.1, 0.15) is 31.7 Å². The van der Waals surface area contributed by atoms with Crippen LogP contribution in [0.25, 0.3) is 0 Å². The molecule has 0 aromatic heterocycles. The van der Waals surface area contributed by atoms with E-state index in [4.69, 9.17) is 0 Å². The number of carbonyl (C=O) groups is 1. The van der Waals surface area contributed by atoms with Crippen molar-refractivity contribution in [1.82, 2.24) is 14.9 Å². The van der Waals surface area contributed by atoms with Gasteiger partial charge in [-0.25, -0.2) is 17.9 Å². The molecule has 0 aliphatic carbocycles. The maximum atomic E-state index is 12.2. The number of hydrogen-bond donors (Lipinski definition) is 3. The number of urea groups is 1. The fourth-order valence-electron chi connectivity index (χ4n) is 3.15. The van der Waals surface area contributed by atoms with E-state index in [2.05, 4.69) is 27.2 Å². The maximum Gasteiger partial charge on any atom is 0.319 e. The van der Waals surface area contributed by atoms with Crippen molar-refractivity contribution >= 4 is 21.7 Å². The number of carbonyl (C=O) groups excluding carboxylic acids is 1. The van der Waals surface area contributed by atoms with Gasteiger partial charge in [-0.15, -0.1) is 0 Å². The summed E-state index contributed by atoms with van der Waals surface area (Å²) < 4.78 is 26.1. The average Bonchev–Trinajstić information content (AvgIpc) is 2.63. The molecule has 0 unspecified atom stereocenters. The number of piperidine rings is 1. The van der Waals surface area contributed by atoms with Crippen molar-refractivity contribution in [3.05, 3.63) is 23.8 Å². The van der Waals surface area contributed by atoms with Gasteiger partial charge in [-0.1, -0.05) is 13.0 Å². The van der Waals surface area contributed by atoms with E-state index in [0.29, 0.717) is 18.2 Å². The van der Waals surface area contributed by atoms with Crippen molar-refractivity contribution in [2.24, 2.45) is 5.92 Å². The molecule has 2 amide bonds. The van der Waals surface area contributed by atoms with Crippen LogP contribution in [0, 0.1) is 12.8 Å². The molecule has 7 nitrogen and oxygen atoms in total. The van der Waals surface area contributed by atoms with Crippen LogP contribution in [0.15, 0.2) is 23.1 Å². The number of sulfonamides is 1. The normalized spacial score (nSPS) is 16.4. The lowest BCUT2D eigenvalue weighted by Crippen LogP contribution is -2.40. The van der Waals surface area contributed by atoms with E-state index in [0.717, 1.165) is 38.0 Å². The summed E-state index contributed by atoms with van der Waals surface area (Å²) >= 11 is 0. The van der Waals surface area contributed by atoms with Gasteiger partial charge in [0.2, 0.25) is 10.0 Å². The molecule has 0 atom stereocenters. The summed E-state index contributed by atoms with van der Waals surface area (Å²) in [5.74, 6) is 0.492. The van der Waals surface area contributed by atoms with Crippen molar-refractivity contribution in [2.45, 2.75) is 38.0 Å². The predicted octanol–water partition coefficient (Wildman–Crippen LogP) is 2.15. The van der Waals surface area contributed by atoms with Crippen LogP contribution in [0.3, 0.4) is 0 Å². The number of likely N-dealkylation sites (tertiary alicyclic amines) is 1. The molecule has 1 saturated heterocycles. The zero-order valence-electron chi connectivity index (χ0n) is 15.8. The Hall–Kier alpha value is -1.64. The second kappa shape index (κ2) is 9.34. The van der Waals surface area contributed by atoms with Crippen LogP contribution < -0.4 is 15.4 Å². The maximum absolute atomic E-state index is 12.2. The lowest BCUT2D eigenvalue weighted by atomic mass is 9.97. The lowest BCUT2D eigenvalue weighted by Gasteiger charge is -2.31. The van der Waals surface area contributed by atoms with E-state index in [1.165, 1.54) is 25.6 Å². The summed E-state index contributed by atoms with van der Waals surface area (Å²) in [5.41, 5.74) is 1.31. The summed E-state index contributed by atoms with van der Waals surface area (Å²) in [6.45, 7) is 7.98. The van der Waals surface area contributed by atoms with Gasteiger partial charge in [0.05, 0.1) is 4.90 Å². The number of nitrogens with zero attached hydrogens (tertiary/aromatic N) is 1. The van der Waals surface area contributed by atoms with Crippen molar-refractivity contribution in [3.63, 3.8) is 0 Å². The molecule has 0 radical (unpaired) electrons. The Morgan fingerprint density at radius 2 is 1.96 bits per heavy atom. The largest absolute Gasteiger partial charge is 0.338 e. The Morgan fingerprint density at radius 3 is 2.58 bits per heavy atom. The second-order valence-corrected chi connectivity index (χ2v) is 8.69. The van der Waals surface area contributed by atoms with E-state index in [-0.39, 0.29) is 10.9 Å². The Bertz CT molecular complexity index is 713. The van der Waals surface area contributed by atoms with Crippen molar-refractivity contribution in [1.29, 1.82) is 0 Å². The molecule has 26 heavy (non-hydrogen) atoms. The highest BCUT2D eigenvalue weighted by molar-refractivity contribution is 7.89. The molecule has 1 fully saturated rings. The molecule has 1 heterocycles. The third kappa shape index (κ3) is 5.69. The third-order valence-electron chi connectivity index (χ3n) is 4.83. The average molecular weight is 383 g/mol. The fourth-order valence-corrected chi connectivity index (χ4v) is 3.91. The first-order chi connectivity index (χ1) is 12.4. The van der Waals surface area contributed by atoms with Crippen LogP contribution in [0.4, 0.5) is 10.5 Å². The van der Waals surface area contributed by atoms with Crippen molar-refractivity contribution in [3.8, 4) is 0 Å². The van der Waals surface area contributed by atoms with Crippen LogP contribution in [0.5, 0.6) is 0 Å². The molecule has 1 aliphatic heterocycles. The van der Waals surface area contributed by atoms with Gasteiger partial charge in [-0.3, -0.25) is 0 Å². The van der Waals surface area contributed by atoms with Gasteiger partial charge < -0.3 is 15.5 Å². The number of aryl methyl sites for hydroxylation is 1. The molecule has 1 aliphatic rings. The van der Waals surface area contributed by atoms with Gasteiger partial charge >= 0.3 is 6.03 Å². The molecular formula is C18H30N4O3S. The Balaban J connectivity index is 1.87. The SMILES string of the molecule is CCCN1CCC(CNC(=O)Nc2cc(S(=O)(=O)NC)ccc2C)CC1. The van der Waals surface area contributed by atoms with E-state index in [1.807, 2.05) is 6.92 Å². The molecule has 0 saturated carbocycles. The smallest absolute Gasteiger partial charge is 0.319 e. The van der Waals surface area contributed by atoms with Crippen LogP contribution in [-0.4, -0.2) is 52.6 Å². The summed E-state index contributed by atoms with van der Waals surface area (Å²) in [5, 5.41) is 5.68. The highest BCUT2D eigenvalue weighted by Gasteiger charge is 2.19.